The van der Waals surface area contributed by atoms with Gasteiger partial charge in [-0.05, 0) is 68.6 Å². The molecular formula is C20H25N3O3S2. The number of hydrogen-bond donors (Lipinski definition) is 2. The standard InChI is InChI=1S/C20H25N3O3S2/c1-13-19(14-8-10-23(13)11-9-14)21-20(24)18-7-6-17(27-18)15-4-3-5-16(12-15)22-28(2,25)26/h3-7,12-14,19,22H,8-11H2,1-2H3,(H,21,24)/t13-,19+/m1/s1. The normalized spacial score (nSPS) is 26.8. The van der Waals surface area contributed by atoms with Crippen LogP contribution < -0.4 is 10.0 Å². The highest BCUT2D eigenvalue weighted by Crippen LogP contribution is 2.33. The SMILES string of the molecule is C[C@@H]1[C@H](NC(=O)c2ccc(-c3cccc(NS(C)(=O)=O)c3)s2)C2CCN1CC2. The summed E-state index contributed by atoms with van der Waals surface area (Å²) < 4.78 is 25.4. The van der Waals surface area contributed by atoms with Gasteiger partial charge in [-0.1, -0.05) is 12.1 Å². The third kappa shape index (κ3) is 4.09. The zero-order chi connectivity index (χ0) is 19.9. The summed E-state index contributed by atoms with van der Waals surface area (Å²) in [6.07, 6.45) is 3.44. The number of carbonyl (C=O) groups excluding carboxylic acids is 1. The van der Waals surface area contributed by atoms with Crippen molar-refractivity contribution in [2.75, 3.05) is 24.1 Å². The molecule has 5 rings (SSSR count). The minimum absolute atomic E-state index is 0.0211. The Morgan fingerprint density at radius 3 is 2.61 bits per heavy atom. The summed E-state index contributed by atoms with van der Waals surface area (Å²) in [5, 5.41) is 3.26. The molecule has 3 saturated heterocycles. The van der Waals surface area contributed by atoms with Crippen molar-refractivity contribution in [2.24, 2.45) is 5.92 Å². The van der Waals surface area contributed by atoms with Crippen molar-refractivity contribution >= 4 is 33.0 Å². The maximum atomic E-state index is 12.8. The van der Waals surface area contributed by atoms with E-state index in [2.05, 4.69) is 21.9 Å². The topological polar surface area (TPSA) is 78.5 Å². The minimum atomic E-state index is -3.32. The monoisotopic (exact) mass is 419 g/mol. The van der Waals surface area contributed by atoms with Gasteiger partial charge in [0.1, 0.15) is 0 Å². The van der Waals surface area contributed by atoms with E-state index < -0.39 is 10.0 Å². The number of benzene rings is 1. The number of anilines is 1. The lowest BCUT2D eigenvalue weighted by atomic mass is 9.79. The second-order valence-electron chi connectivity index (χ2n) is 7.73. The number of amides is 1. The van der Waals surface area contributed by atoms with Crippen molar-refractivity contribution in [3.05, 3.63) is 41.3 Å². The molecule has 0 unspecified atom stereocenters. The Morgan fingerprint density at radius 1 is 1.18 bits per heavy atom. The highest BCUT2D eigenvalue weighted by Gasteiger charge is 2.40. The molecule has 2 N–H and O–H groups in total. The molecule has 28 heavy (non-hydrogen) atoms. The number of thiophene rings is 1. The van der Waals surface area contributed by atoms with Crippen molar-refractivity contribution < 1.29 is 13.2 Å². The van der Waals surface area contributed by atoms with Gasteiger partial charge in [0.15, 0.2) is 0 Å². The first-order valence-electron chi connectivity index (χ1n) is 9.53. The van der Waals surface area contributed by atoms with Crippen LogP contribution in [-0.4, -0.2) is 50.7 Å². The third-order valence-electron chi connectivity index (χ3n) is 5.76. The van der Waals surface area contributed by atoms with Crippen LogP contribution in [0.3, 0.4) is 0 Å². The van der Waals surface area contributed by atoms with E-state index in [0.717, 1.165) is 42.6 Å². The molecule has 1 amide bonds. The van der Waals surface area contributed by atoms with Gasteiger partial charge in [0, 0.05) is 22.6 Å². The fourth-order valence-electron chi connectivity index (χ4n) is 4.33. The van der Waals surface area contributed by atoms with Crippen molar-refractivity contribution in [3.8, 4) is 10.4 Å². The fraction of sp³-hybridized carbons (Fsp3) is 0.450. The molecule has 3 aliphatic heterocycles. The molecule has 1 aromatic carbocycles. The van der Waals surface area contributed by atoms with Crippen molar-refractivity contribution in [1.82, 2.24) is 10.2 Å². The molecule has 8 heteroatoms. The Balaban J connectivity index is 1.48. The van der Waals surface area contributed by atoms with E-state index in [1.165, 1.54) is 11.3 Å². The lowest BCUT2D eigenvalue weighted by Gasteiger charge is -2.49. The number of rotatable bonds is 5. The van der Waals surface area contributed by atoms with E-state index in [9.17, 15) is 13.2 Å². The van der Waals surface area contributed by atoms with E-state index in [1.807, 2.05) is 18.2 Å². The van der Waals surface area contributed by atoms with Crippen LogP contribution in [0.2, 0.25) is 0 Å². The molecule has 2 bridgehead atoms. The molecule has 2 aromatic rings. The molecule has 150 valence electrons. The van der Waals surface area contributed by atoms with Crippen LogP contribution in [0.5, 0.6) is 0 Å². The van der Waals surface area contributed by atoms with Crippen LogP contribution >= 0.6 is 11.3 Å². The fourth-order valence-corrected chi connectivity index (χ4v) is 5.79. The lowest BCUT2D eigenvalue weighted by Crippen LogP contribution is -2.62. The third-order valence-corrected chi connectivity index (χ3v) is 7.50. The number of piperidine rings is 3. The van der Waals surface area contributed by atoms with E-state index >= 15 is 0 Å². The maximum Gasteiger partial charge on any atom is 0.261 e. The van der Waals surface area contributed by atoms with E-state index in [-0.39, 0.29) is 11.9 Å². The van der Waals surface area contributed by atoms with E-state index in [0.29, 0.717) is 22.5 Å². The molecule has 2 atom stereocenters. The summed E-state index contributed by atoms with van der Waals surface area (Å²) in [4.78, 5) is 16.9. The summed E-state index contributed by atoms with van der Waals surface area (Å²) in [6, 6.07) is 11.6. The quantitative estimate of drug-likeness (QED) is 0.781. The second kappa shape index (κ2) is 7.50. The van der Waals surface area contributed by atoms with Crippen molar-refractivity contribution in [3.63, 3.8) is 0 Å². The molecular weight excluding hydrogens is 394 g/mol. The number of nitrogens with one attached hydrogen (secondary N) is 2. The molecule has 0 saturated carbocycles. The summed E-state index contributed by atoms with van der Waals surface area (Å²) in [5.41, 5.74) is 1.40. The Kier molecular flexibility index (Phi) is 5.20. The smallest absolute Gasteiger partial charge is 0.261 e. The predicted molar refractivity (Wildman–Crippen MR) is 113 cm³/mol. The number of carbonyl (C=O) groups is 1. The average molecular weight is 420 g/mol. The number of sulfonamides is 1. The number of hydrogen-bond acceptors (Lipinski definition) is 5. The van der Waals surface area contributed by atoms with Gasteiger partial charge in [0.2, 0.25) is 10.0 Å². The Morgan fingerprint density at radius 2 is 1.93 bits per heavy atom. The second-order valence-corrected chi connectivity index (χ2v) is 10.6. The van der Waals surface area contributed by atoms with Gasteiger partial charge in [-0.15, -0.1) is 11.3 Å². The van der Waals surface area contributed by atoms with Gasteiger partial charge >= 0.3 is 0 Å². The molecule has 0 spiro atoms. The zero-order valence-corrected chi connectivity index (χ0v) is 17.6. The largest absolute Gasteiger partial charge is 0.347 e. The van der Waals surface area contributed by atoms with Crippen LogP contribution in [0.1, 0.15) is 29.4 Å². The van der Waals surface area contributed by atoms with E-state index in [1.54, 1.807) is 18.2 Å². The zero-order valence-electron chi connectivity index (χ0n) is 16.0. The highest BCUT2D eigenvalue weighted by atomic mass is 32.2. The minimum Gasteiger partial charge on any atom is -0.347 e. The van der Waals surface area contributed by atoms with Gasteiger partial charge in [0.25, 0.3) is 5.91 Å². The molecule has 1 aromatic heterocycles. The van der Waals surface area contributed by atoms with E-state index in [4.69, 9.17) is 0 Å². The molecule has 6 nitrogen and oxygen atoms in total. The van der Waals surface area contributed by atoms with Gasteiger partial charge < -0.3 is 5.32 Å². The molecule has 0 radical (unpaired) electrons. The van der Waals surface area contributed by atoms with Crippen LogP contribution in [0.15, 0.2) is 36.4 Å². The highest BCUT2D eigenvalue weighted by molar-refractivity contribution is 7.92. The van der Waals surface area contributed by atoms with Crippen molar-refractivity contribution in [1.29, 1.82) is 0 Å². The first-order chi connectivity index (χ1) is 13.3. The summed E-state index contributed by atoms with van der Waals surface area (Å²) >= 11 is 1.43. The number of nitrogens with zero attached hydrogens (tertiary/aromatic N) is 1. The molecule has 4 heterocycles. The van der Waals surface area contributed by atoms with Gasteiger partial charge in [-0.2, -0.15) is 0 Å². The Bertz CT molecular complexity index is 976. The van der Waals surface area contributed by atoms with Gasteiger partial charge in [-0.3, -0.25) is 14.4 Å². The molecule has 0 aliphatic carbocycles. The first kappa shape index (κ1) is 19.4. The van der Waals surface area contributed by atoms with Crippen LogP contribution in [0.25, 0.3) is 10.4 Å². The number of fused-ring (bicyclic) bond motifs is 3. The Labute approximate surface area is 170 Å². The summed E-state index contributed by atoms with van der Waals surface area (Å²) in [5.74, 6) is 0.550. The summed E-state index contributed by atoms with van der Waals surface area (Å²) in [7, 11) is -3.32. The van der Waals surface area contributed by atoms with Gasteiger partial charge in [0.05, 0.1) is 11.1 Å². The lowest BCUT2D eigenvalue weighted by molar-refractivity contribution is 0.0218. The molecule has 3 aliphatic rings. The van der Waals surface area contributed by atoms with Crippen molar-refractivity contribution in [2.45, 2.75) is 31.8 Å². The maximum absolute atomic E-state index is 12.8. The average Bonchev–Trinajstić information content (AvgIpc) is 3.14. The first-order valence-corrected chi connectivity index (χ1v) is 12.2. The summed E-state index contributed by atoms with van der Waals surface area (Å²) in [6.45, 7) is 4.48. The molecule has 3 fully saturated rings. The van der Waals surface area contributed by atoms with Crippen LogP contribution in [-0.2, 0) is 10.0 Å². The van der Waals surface area contributed by atoms with Gasteiger partial charge in [-0.25, -0.2) is 8.42 Å². The van der Waals surface area contributed by atoms with Crippen LogP contribution in [0, 0.1) is 5.92 Å². The Hall–Kier alpha value is -1.90. The van der Waals surface area contributed by atoms with Crippen LogP contribution in [0.4, 0.5) is 5.69 Å². The predicted octanol–water partition coefficient (Wildman–Crippen LogP) is 3.00.